The summed E-state index contributed by atoms with van der Waals surface area (Å²) in [6, 6.07) is 7.03. The van der Waals surface area contributed by atoms with Gasteiger partial charge < -0.3 is 31.0 Å². The molecule has 0 spiro atoms. The van der Waals surface area contributed by atoms with E-state index in [9.17, 15) is 24.0 Å². The molecule has 2 atom stereocenters. The number of fused-ring (bicyclic) bond motifs is 1. The second-order valence-electron chi connectivity index (χ2n) is 11.4. The lowest BCUT2D eigenvalue weighted by atomic mass is 9.98. The molecule has 2 aromatic heterocycles. The van der Waals surface area contributed by atoms with Crippen molar-refractivity contribution in [2.24, 2.45) is 5.92 Å². The smallest absolute Gasteiger partial charge is 0.305 e. The van der Waals surface area contributed by atoms with Crippen LogP contribution in [0.3, 0.4) is 0 Å². The van der Waals surface area contributed by atoms with E-state index in [1.165, 1.54) is 13.4 Å². The van der Waals surface area contributed by atoms with Crippen LogP contribution in [0.5, 0.6) is 0 Å². The normalized spacial score (nSPS) is 12.3. The number of nitrogens with zero attached hydrogens (tertiary/aromatic N) is 4. The molecule has 0 saturated carbocycles. The maximum absolute atomic E-state index is 13.4. The average molecular weight is 637 g/mol. The summed E-state index contributed by atoms with van der Waals surface area (Å²) >= 11 is 0. The second-order valence-corrected chi connectivity index (χ2v) is 11.4. The fourth-order valence-corrected chi connectivity index (χ4v) is 4.87. The minimum absolute atomic E-state index is 0.103. The molecule has 0 saturated heterocycles. The fraction of sp³-hybridized carbons (Fsp3) is 0.500. The first kappa shape index (κ1) is 35.6. The predicted molar refractivity (Wildman–Crippen MR) is 171 cm³/mol. The van der Waals surface area contributed by atoms with Gasteiger partial charge in [0.2, 0.25) is 17.6 Å². The number of imidazole rings is 1. The van der Waals surface area contributed by atoms with E-state index in [0.717, 1.165) is 18.4 Å². The molecule has 0 bridgehead atoms. The summed E-state index contributed by atoms with van der Waals surface area (Å²) in [6.07, 6.45) is 6.92. The zero-order valence-electron chi connectivity index (χ0n) is 26.7. The quantitative estimate of drug-likeness (QED) is 0.0855. The standard InChI is InChI=1S/C32H44N8O6/c1-21(2)26(39-24(41)14-9-4-5-10-15-25(42)46-3)31(44)38-23(18-22-12-7-6-8-13-22)28(43)32(45)34-16-11-17-40-20-37-27-29(33)35-19-36-30(27)40/h6-8,12-13,19-21,23,26H,4-5,9-11,14-18H2,1-3H3,(H,34,45)(H,38,44)(H,39,41)(H2,33,35,36). The van der Waals surface area contributed by atoms with Crippen molar-refractivity contribution in [3.8, 4) is 0 Å². The molecule has 0 fully saturated rings. The number of hydrogen-bond acceptors (Lipinski definition) is 10. The Morgan fingerprint density at radius 3 is 2.33 bits per heavy atom. The van der Waals surface area contributed by atoms with Gasteiger partial charge in [0.25, 0.3) is 5.91 Å². The van der Waals surface area contributed by atoms with Crippen LogP contribution in [0.4, 0.5) is 5.82 Å². The highest BCUT2D eigenvalue weighted by Gasteiger charge is 2.31. The number of aromatic nitrogens is 4. The highest BCUT2D eigenvalue weighted by Crippen LogP contribution is 2.14. The number of nitrogens with two attached hydrogens (primary N) is 1. The van der Waals surface area contributed by atoms with Crippen LogP contribution < -0.4 is 21.7 Å². The van der Waals surface area contributed by atoms with Crippen LogP contribution in [-0.4, -0.2) is 74.7 Å². The van der Waals surface area contributed by atoms with Gasteiger partial charge in [0.1, 0.15) is 23.9 Å². The molecule has 3 amide bonds. The van der Waals surface area contributed by atoms with E-state index in [4.69, 9.17) is 5.73 Å². The Hall–Kier alpha value is -4.88. The maximum Gasteiger partial charge on any atom is 0.305 e. The number of nitrogen functional groups attached to an aromatic ring is 1. The zero-order chi connectivity index (χ0) is 33.5. The summed E-state index contributed by atoms with van der Waals surface area (Å²) in [6.45, 7) is 4.25. The lowest BCUT2D eigenvalue weighted by Crippen LogP contribution is -2.56. The molecule has 14 heteroatoms. The molecule has 46 heavy (non-hydrogen) atoms. The summed E-state index contributed by atoms with van der Waals surface area (Å²) in [5.41, 5.74) is 7.66. The van der Waals surface area contributed by atoms with Gasteiger partial charge in [-0.25, -0.2) is 15.0 Å². The van der Waals surface area contributed by atoms with Gasteiger partial charge in [0, 0.05) is 32.4 Å². The zero-order valence-corrected chi connectivity index (χ0v) is 26.7. The Morgan fingerprint density at radius 1 is 0.913 bits per heavy atom. The van der Waals surface area contributed by atoms with Gasteiger partial charge in [0.05, 0.1) is 13.4 Å². The summed E-state index contributed by atoms with van der Waals surface area (Å²) in [4.78, 5) is 75.9. The second kappa shape index (κ2) is 18.2. The van der Waals surface area contributed by atoms with E-state index >= 15 is 0 Å². The fourth-order valence-electron chi connectivity index (χ4n) is 4.87. The number of Topliss-reactive ketones (excluding diaryl/α,β-unsaturated/α-hetero) is 1. The monoisotopic (exact) mass is 636 g/mol. The van der Waals surface area contributed by atoms with E-state index in [1.54, 1.807) is 24.7 Å². The van der Waals surface area contributed by atoms with Crippen molar-refractivity contribution < 1.29 is 28.7 Å². The van der Waals surface area contributed by atoms with Crippen LogP contribution in [0.25, 0.3) is 11.2 Å². The number of esters is 1. The molecule has 248 valence electrons. The van der Waals surface area contributed by atoms with Crippen molar-refractivity contribution in [1.29, 1.82) is 0 Å². The van der Waals surface area contributed by atoms with Gasteiger partial charge >= 0.3 is 5.97 Å². The summed E-state index contributed by atoms with van der Waals surface area (Å²) in [5.74, 6) is -2.69. The van der Waals surface area contributed by atoms with E-state index in [1.807, 2.05) is 30.3 Å². The molecular formula is C32H44N8O6. The minimum Gasteiger partial charge on any atom is -0.469 e. The van der Waals surface area contributed by atoms with Gasteiger partial charge in [-0.3, -0.25) is 24.0 Å². The van der Waals surface area contributed by atoms with Crippen LogP contribution in [0, 0.1) is 5.92 Å². The molecule has 1 aromatic carbocycles. The molecule has 0 aliphatic heterocycles. The van der Waals surface area contributed by atoms with E-state index < -0.39 is 29.7 Å². The van der Waals surface area contributed by atoms with Crippen LogP contribution in [0.15, 0.2) is 43.0 Å². The van der Waals surface area contributed by atoms with Crippen LogP contribution >= 0.6 is 0 Å². The van der Waals surface area contributed by atoms with Crippen molar-refractivity contribution in [1.82, 2.24) is 35.5 Å². The summed E-state index contributed by atoms with van der Waals surface area (Å²) in [7, 11) is 1.35. The van der Waals surface area contributed by atoms with E-state index in [2.05, 4.69) is 35.6 Å². The van der Waals surface area contributed by atoms with Crippen LogP contribution in [-0.2, 0) is 41.7 Å². The number of anilines is 1. The van der Waals surface area contributed by atoms with Gasteiger partial charge in [-0.05, 0) is 30.7 Å². The highest BCUT2D eigenvalue weighted by molar-refractivity contribution is 6.38. The highest BCUT2D eigenvalue weighted by atomic mass is 16.5. The number of carbonyl (C=O) groups excluding carboxylic acids is 5. The van der Waals surface area contributed by atoms with Crippen molar-refractivity contribution in [3.05, 3.63) is 48.5 Å². The molecule has 0 radical (unpaired) electrons. The Balaban J connectivity index is 1.55. The Bertz CT molecular complexity index is 1480. The Morgan fingerprint density at radius 2 is 1.63 bits per heavy atom. The third-order valence-electron chi connectivity index (χ3n) is 7.46. The lowest BCUT2D eigenvalue weighted by molar-refractivity contribution is -0.140. The number of amides is 3. The maximum atomic E-state index is 13.4. The van der Waals surface area contributed by atoms with E-state index in [0.29, 0.717) is 43.4 Å². The van der Waals surface area contributed by atoms with Crippen molar-refractivity contribution >= 4 is 46.5 Å². The first-order valence-corrected chi connectivity index (χ1v) is 15.5. The van der Waals surface area contributed by atoms with Gasteiger partial charge in [-0.15, -0.1) is 0 Å². The van der Waals surface area contributed by atoms with Gasteiger partial charge in [0.15, 0.2) is 11.5 Å². The summed E-state index contributed by atoms with van der Waals surface area (Å²) in [5, 5.41) is 8.16. The third kappa shape index (κ3) is 10.9. The molecule has 2 unspecified atom stereocenters. The molecule has 3 rings (SSSR count). The number of nitrogens with one attached hydrogen (secondary N) is 3. The number of carbonyl (C=O) groups is 5. The summed E-state index contributed by atoms with van der Waals surface area (Å²) < 4.78 is 6.41. The molecular weight excluding hydrogens is 592 g/mol. The number of aryl methyl sites for hydroxylation is 1. The van der Waals surface area contributed by atoms with Crippen LogP contribution in [0.2, 0.25) is 0 Å². The number of rotatable bonds is 19. The SMILES string of the molecule is COC(=O)CCCCCCC(=O)NC(C(=O)NC(Cc1ccccc1)C(=O)C(=O)NCCCn1cnc2c(N)ncnc21)C(C)C. The predicted octanol–water partition coefficient (Wildman–Crippen LogP) is 1.87. The largest absolute Gasteiger partial charge is 0.469 e. The number of ketones is 1. The molecule has 0 aliphatic rings. The Labute approximate surface area is 268 Å². The molecule has 0 aliphatic carbocycles. The molecule has 5 N–H and O–H groups in total. The molecule has 14 nitrogen and oxygen atoms in total. The average Bonchev–Trinajstić information content (AvgIpc) is 3.47. The number of hydrogen-bond donors (Lipinski definition) is 4. The Kier molecular flexibility index (Phi) is 14.1. The van der Waals surface area contributed by atoms with E-state index in [-0.39, 0.29) is 43.0 Å². The van der Waals surface area contributed by atoms with Crippen molar-refractivity contribution in [2.75, 3.05) is 19.4 Å². The third-order valence-corrected chi connectivity index (χ3v) is 7.46. The molecule has 2 heterocycles. The van der Waals surface area contributed by atoms with Gasteiger partial charge in [-0.2, -0.15) is 0 Å². The lowest BCUT2D eigenvalue weighted by Gasteiger charge is -2.25. The van der Waals surface area contributed by atoms with Crippen molar-refractivity contribution in [2.45, 2.75) is 83.8 Å². The van der Waals surface area contributed by atoms with Gasteiger partial charge in [-0.1, -0.05) is 57.0 Å². The first-order valence-electron chi connectivity index (χ1n) is 15.5. The first-order chi connectivity index (χ1) is 22.1. The number of unbranched alkanes of at least 4 members (excludes halogenated alkanes) is 3. The number of ether oxygens (including phenoxy) is 1. The van der Waals surface area contributed by atoms with Crippen molar-refractivity contribution in [3.63, 3.8) is 0 Å². The topological polar surface area (TPSA) is 200 Å². The molecule has 3 aromatic rings. The van der Waals surface area contributed by atoms with Crippen LogP contribution in [0.1, 0.15) is 64.4 Å². The number of benzene rings is 1. The number of methoxy groups -OCH3 is 1. The minimum atomic E-state index is -1.14.